The van der Waals surface area contributed by atoms with E-state index in [-0.39, 0.29) is 11.3 Å². The highest BCUT2D eigenvalue weighted by atomic mass is 32.1. The molecule has 0 bridgehead atoms. The largest absolute Gasteiger partial charge is 0.436 e. The molecule has 0 radical (unpaired) electrons. The molecule has 0 spiro atoms. The van der Waals surface area contributed by atoms with E-state index in [0.717, 1.165) is 22.2 Å². The van der Waals surface area contributed by atoms with Gasteiger partial charge in [0.2, 0.25) is 5.89 Å². The zero-order valence-electron chi connectivity index (χ0n) is 20.8. The van der Waals surface area contributed by atoms with E-state index in [9.17, 15) is 4.79 Å². The van der Waals surface area contributed by atoms with Crippen LogP contribution in [0.3, 0.4) is 0 Å². The maximum Gasteiger partial charge on any atom is 0.257 e. The van der Waals surface area contributed by atoms with Crippen molar-refractivity contribution in [1.29, 1.82) is 0 Å². The number of rotatable bonds is 5. The number of hydrogen-bond acceptors (Lipinski definition) is 4. The van der Waals surface area contributed by atoms with Crippen molar-refractivity contribution in [2.75, 3.05) is 0 Å². The van der Waals surface area contributed by atoms with Gasteiger partial charge in [-0.1, -0.05) is 65.0 Å². The first kappa shape index (κ1) is 24.6. The van der Waals surface area contributed by atoms with Gasteiger partial charge < -0.3 is 9.73 Å². The fraction of sp³-hybridized carbons (Fsp3) is 0.276. The number of thiocarbonyl (C=S) groups is 1. The Bertz CT molecular complexity index is 1350. The van der Waals surface area contributed by atoms with Crippen molar-refractivity contribution in [2.24, 2.45) is 0 Å². The van der Waals surface area contributed by atoms with Crippen LogP contribution >= 0.6 is 12.2 Å². The first-order valence-corrected chi connectivity index (χ1v) is 12.2. The maximum absolute atomic E-state index is 12.5. The molecule has 4 rings (SSSR count). The van der Waals surface area contributed by atoms with E-state index >= 15 is 0 Å². The zero-order valence-corrected chi connectivity index (χ0v) is 21.6. The predicted molar refractivity (Wildman–Crippen MR) is 146 cm³/mol. The van der Waals surface area contributed by atoms with Gasteiger partial charge in [0.25, 0.3) is 5.91 Å². The Hall–Kier alpha value is -3.51. The molecule has 0 fully saturated rings. The molecule has 35 heavy (non-hydrogen) atoms. The van der Waals surface area contributed by atoms with Gasteiger partial charge in [0.15, 0.2) is 10.7 Å². The molecule has 1 amide bonds. The lowest BCUT2D eigenvalue weighted by atomic mass is 9.87. The highest BCUT2D eigenvalue weighted by Crippen LogP contribution is 2.27. The molecule has 5 nitrogen and oxygen atoms in total. The van der Waals surface area contributed by atoms with Crippen molar-refractivity contribution in [3.63, 3.8) is 0 Å². The third-order valence-electron chi connectivity index (χ3n) is 5.97. The van der Waals surface area contributed by atoms with Gasteiger partial charge in [0.1, 0.15) is 5.52 Å². The van der Waals surface area contributed by atoms with E-state index in [1.807, 2.05) is 54.6 Å². The summed E-state index contributed by atoms with van der Waals surface area (Å²) in [6.07, 6.45) is 0. The quantitative estimate of drug-likeness (QED) is 0.307. The van der Waals surface area contributed by atoms with Crippen LogP contribution < -0.4 is 10.6 Å². The first-order chi connectivity index (χ1) is 16.6. The molecule has 4 aromatic rings. The molecule has 2 N–H and O–H groups in total. The van der Waals surface area contributed by atoms with Gasteiger partial charge in [-0.25, -0.2) is 4.98 Å². The smallest absolute Gasteiger partial charge is 0.257 e. The number of amides is 1. The fourth-order valence-corrected chi connectivity index (χ4v) is 3.88. The number of nitrogens with zero attached hydrogens (tertiary/aromatic N) is 1. The summed E-state index contributed by atoms with van der Waals surface area (Å²) >= 11 is 5.31. The zero-order chi connectivity index (χ0) is 25.2. The van der Waals surface area contributed by atoms with Crippen molar-refractivity contribution < 1.29 is 9.21 Å². The van der Waals surface area contributed by atoms with E-state index in [1.165, 1.54) is 11.1 Å². The Morgan fingerprint density at radius 1 is 1.00 bits per heavy atom. The number of hydrogen-bond donors (Lipinski definition) is 2. The summed E-state index contributed by atoms with van der Waals surface area (Å²) in [7, 11) is 0. The summed E-state index contributed by atoms with van der Waals surface area (Å²) in [5.41, 5.74) is 6.61. The van der Waals surface area contributed by atoms with Crippen LogP contribution in [0.2, 0.25) is 0 Å². The van der Waals surface area contributed by atoms with E-state index in [0.29, 0.717) is 29.0 Å². The van der Waals surface area contributed by atoms with Crippen LogP contribution in [0.15, 0.2) is 71.1 Å². The molecule has 180 valence electrons. The molecule has 0 aliphatic heterocycles. The second-order valence-corrected chi connectivity index (χ2v) is 10.5. The number of oxazole rings is 1. The van der Waals surface area contributed by atoms with Crippen LogP contribution in [0.1, 0.15) is 67.6 Å². The molecule has 0 unspecified atom stereocenters. The summed E-state index contributed by atoms with van der Waals surface area (Å²) in [4.78, 5) is 17.2. The molecular weight excluding hydrogens is 454 g/mol. The van der Waals surface area contributed by atoms with Gasteiger partial charge in [-0.15, -0.1) is 0 Å². The third kappa shape index (κ3) is 5.95. The standard InChI is InChI=1S/C29H31N3O2S/c1-18(2)22-12-15-25-24(16-22)31-27(34-25)21-8-6-19(7-9-21)17-30-28(35)32-26(33)20-10-13-23(14-11-20)29(3,4)5/h6-16,18H,17H2,1-5H3,(H2,30,32,33,35). The van der Waals surface area contributed by atoms with E-state index in [2.05, 4.69) is 62.4 Å². The molecule has 0 saturated carbocycles. The average molecular weight is 486 g/mol. The van der Waals surface area contributed by atoms with Crippen LogP contribution in [0, 0.1) is 0 Å². The van der Waals surface area contributed by atoms with E-state index in [4.69, 9.17) is 16.6 Å². The number of fused-ring (bicyclic) bond motifs is 1. The lowest BCUT2D eigenvalue weighted by Gasteiger charge is -2.19. The van der Waals surface area contributed by atoms with Crippen LogP contribution in [-0.4, -0.2) is 16.0 Å². The molecule has 3 aromatic carbocycles. The molecule has 0 aliphatic carbocycles. The summed E-state index contributed by atoms with van der Waals surface area (Å²) in [6.45, 7) is 11.2. The summed E-state index contributed by atoms with van der Waals surface area (Å²) < 4.78 is 5.94. The maximum atomic E-state index is 12.5. The normalized spacial score (nSPS) is 11.6. The first-order valence-electron chi connectivity index (χ1n) is 11.8. The van der Waals surface area contributed by atoms with Gasteiger partial charge in [0.05, 0.1) is 0 Å². The van der Waals surface area contributed by atoms with Crippen LogP contribution in [0.5, 0.6) is 0 Å². The lowest BCUT2D eigenvalue weighted by Crippen LogP contribution is -2.38. The van der Waals surface area contributed by atoms with Gasteiger partial charge in [-0.05, 0) is 76.6 Å². The number of aromatic nitrogens is 1. The Morgan fingerprint density at radius 3 is 2.31 bits per heavy atom. The summed E-state index contributed by atoms with van der Waals surface area (Å²) in [5, 5.41) is 6.13. The predicted octanol–water partition coefficient (Wildman–Crippen LogP) is 6.72. The molecule has 1 aromatic heterocycles. The minimum Gasteiger partial charge on any atom is -0.436 e. The van der Waals surface area contributed by atoms with Gasteiger partial charge >= 0.3 is 0 Å². The summed E-state index contributed by atoms with van der Waals surface area (Å²) in [6, 6.07) is 21.7. The molecule has 6 heteroatoms. The molecular formula is C29H31N3O2S. The van der Waals surface area contributed by atoms with Crippen molar-refractivity contribution >= 4 is 34.3 Å². The van der Waals surface area contributed by atoms with E-state index < -0.39 is 0 Å². The number of carbonyl (C=O) groups excluding carboxylic acids is 1. The Kier molecular flexibility index (Phi) is 7.03. The van der Waals surface area contributed by atoms with Crippen molar-refractivity contribution in [3.8, 4) is 11.5 Å². The molecule has 0 saturated heterocycles. The van der Waals surface area contributed by atoms with Gasteiger partial charge in [-0.3, -0.25) is 10.1 Å². The second kappa shape index (κ2) is 10.0. The fourth-order valence-electron chi connectivity index (χ4n) is 3.72. The molecule has 0 aliphatic rings. The monoisotopic (exact) mass is 485 g/mol. The van der Waals surface area contributed by atoms with Crippen molar-refractivity contribution in [2.45, 2.75) is 52.5 Å². The van der Waals surface area contributed by atoms with Gasteiger partial charge in [-0.2, -0.15) is 0 Å². The molecule has 0 atom stereocenters. The van der Waals surface area contributed by atoms with Crippen molar-refractivity contribution in [1.82, 2.24) is 15.6 Å². The third-order valence-corrected chi connectivity index (χ3v) is 6.22. The highest BCUT2D eigenvalue weighted by Gasteiger charge is 2.15. The lowest BCUT2D eigenvalue weighted by molar-refractivity contribution is 0.0976. The van der Waals surface area contributed by atoms with Crippen LogP contribution in [0.25, 0.3) is 22.6 Å². The van der Waals surface area contributed by atoms with Gasteiger partial charge in [0, 0.05) is 17.7 Å². The number of benzene rings is 3. The average Bonchev–Trinajstić information content (AvgIpc) is 3.26. The molecule has 1 heterocycles. The number of nitrogens with one attached hydrogen (secondary N) is 2. The van der Waals surface area contributed by atoms with Crippen LogP contribution in [-0.2, 0) is 12.0 Å². The van der Waals surface area contributed by atoms with Crippen LogP contribution in [0.4, 0.5) is 0 Å². The summed E-state index contributed by atoms with van der Waals surface area (Å²) in [5.74, 6) is 0.812. The van der Waals surface area contributed by atoms with E-state index in [1.54, 1.807) is 0 Å². The Labute approximate surface area is 212 Å². The second-order valence-electron chi connectivity index (χ2n) is 10.1. The minimum atomic E-state index is -0.227. The number of carbonyl (C=O) groups is 1. The highest BCUT2D eigenvalue weighted by molar-refractivity contribution is 7.80. The Balaban J connectivity index is 1.34. The Morgan fingerprint density at radius 2 is 1.69 bits per heavy atom. The van der Waals surface area contributed by atoms with Crippen molar-refractivity contribution in [3.05, 3.63) is 89.0 Å². The SMILES string of the molecule is CC(C)c1ccc2oc(-c3ccc(CNC(=S)NC(=O)c4ccc(C(C)(C)C)cc4)cc3)nc2c1. The topological polar surface area (TPSA) is 67.2 Å². The minimum absolute atomic E-state index is 0.0408.